The van der Waals surface area contributed by atoms with E-state index in [9.17, 15) is 4.39 Å². The molecule has 4 rings (SSSR count). The molecule has 1 atom stereocenters. The van der Waals surface area contributed by atoms with Crippen molar-refractivity contribution >= 4 is 28.2 Å². The number of ether oxygens (including phenoxy) is 1. The lowest BCUT2D eigenvalue weighted by Crippen LogP contribution is -2.10. The molecule has 5 heteroatoms. The molecule has 0 fully saturated rings. The van der Waals surface area contributed by atoms with Gasteiger partial charge < -0.3 is 10.1 Å². The Morgan fingerprint density at radius 1 is 1.03 bits per heavy atom. The van der Waals surface area contributed by atoms with Gasteiger partial charge in [-0.3, -0.25) is 4.98 Å². The summed E-state index contributed by atoms with van der Waals surface area (Å²) in [4.78, 5) is 4.35. The summed E-state index contributed by atoms with van der Waals surface area (Å²) in [5.74, 6) is 0.465. The van der Waals surface area contributed by atoms with Crippen LogP contribution in [0.3, 0.4) is 0 Å². The minimum atomic E-state index is -0.312. The van der Waals surface area contributed by atoms with Crippen molar-refractivity contribution in [2.45, 2.75) is 13.0 Å². The molecule has 3 nitrogen and oxygen atoms in total. The summed E-state index contributed by atoms with van der Waals surface area (Å²) < 4.78 is 20.2. The minimum absolute atomic E-state index is 0.280. The molecule has 0 aliphatic heterocycles. The van der Waals surface area contributed by atoms with Crippen molar-refractivity contribution in [3.63, 3.8) is 0 Å². The van der Waals surface area contributed by atoms with Gasteiger partial charge in [0.2, 0.25) is 0 Å². The molecule has 0 bridgehead atoms. The fourth-order valence-electron chi connectivity index (χ4n) is 3.48. The van der Waals surface area contributed by atoms with Crippen LogP contribution in [0.5, 0.6) is 5.75 Å². The van der Waals surface area contributed by atoms with Crippen molar-refractivity contribution < 1.29 is 9.13 Å². The zero-order valence-corrected chi connectivity index (χ0v) is 16.9. The van der Waals surface area contributed by atoms with E-state index in [2.05, 4.69) is 10.3 Å². The number of fused-ring (bicyclic) bond motifs is 1. The first-order valence-electron chi connectivity index (χ1n) is 9.31. The van der Waals surface area contributed by atoms with Gasteiger partial charge in [0.05, 0.1) is 29.4 Å². The Kier molecular flexibility index (Phi) is 5.36. The van der Waals surface area contributed by atoms with Crippen molar-refractivity contribution in [2.75, 3.05) is 12.4 Å². The third kappa shape index (κ3) is 3.76. The molecule has 0 spiro atoms. The molecular weight excluding hydrogens is 387 g/mol. The van der Waals surface area contributed by atoms with Crippen molar-refractivity contribution in [3.05, 3.63) is 89.3 Å². The first kappa shape index (κ1) is 19.2. The molecular formula is C24H20ClFN2O. The standard InChI is InChI=1S/C24H20ClFN2O/c1-15(28-24-18-8-3-5-9-22(18)27-14-20(24)25)19-13-16(11-12-21(19)26)17-7-4-6-10-23(17)29-2/h3-15H,1-2H3,(H,27,28)/t15-/m1/s1. The highest BCUT2D eigenvalue weighted by molar-refractivity contribution is 6.34. The van der Waals surface area contributed by atoms with Gasteiger partial charge in [-0.05, 0) is 36.8 Å². The zero-order chi connectivity index (χ0) is 20.4. The van der Waals surface area contributed by atoms with Gasteiger partial charge in [-0.1, -0.05) is 54.1 Å². The molecule has 4 aromatic rings. The van der Waals surface area contributed by atoms with Gasteiger partial charge in [0.25, 0.3) is 0 Å². The summed E-state index contributed by atoms with van der Waals surface area (Å²) in [6.07, 6.45) is 1.61. The van der Waals surface area contributed by atoms with E-state index in [4.69, 9.17) is 16.3 Å². The number of hydrogen-bond donors (Lipinski definition) is 1. The van der Waals surface area contributed by atoms with Crippen LogP contribution in [0.2, 0.25) is 5.02 Å². The van der Waals surface area contributed by atoms with Gasteiger partial charge in [0, 0.05) is 22.7 Å². The molecule has 0 unspecified atom stereocenters. The third-order valence-electron chi connectivity index (χ3n) is 4.97. The topological polar surface area (TPSA) is 34.1 Å². The van der Waals surface area contributed by atoms with E-state index < -0.39 is 0 Å². The van der Waals surface area contributed by atoms with Crippen LogP contribution in [0.1, 0.15) is 18.5 Å². The summed E-state index contributed by atoms with van der Waals surface area (Å²) >= 11 is 6.41. The number of benzene rings is 3. The van der Waals surface area contributed by atoms with Crippen molar-refractivity contribution in [1.82, 2.24) is 4.98 Å². The number of halogens is 2. The minimum Gasteiger partial charge on any atom is -0.496 e. The Balaban J connectivity index is 1.73. The first-order valence-corrected chi connectivity index (χ1v) is 9.69. The molecule has 29 heavy (non-hydrogen) atoms. The summed E-state index contributed by atoms with van der Waals surface area (Å²) in [5.41, 5.74) is 3.92. The lowest BCUT2D eigenvalue weighted by molar-refractivity contribution is 0.416. The number of nitrogens with one attached hydrogen (secondary N) is 1. The Bertz CT molecular complexity index is 1180. The number of methoxy groups -OCH3 is 1. The molecule has 1 N–H and O–H groups in total. The van der Waals surface area contributed by atoms with Crippen LogP contribution in [-0.2, 0) is 0 Å². The average molecular weight is 407 g/mol. The molecule has 0 aliphatic carbocycles. The summed E-state index contributed by atoms with van der Waals surface area (Å²) in [6, 6.07) is 20.2. The lowest BCUT2D eigenvalue weighted by Gasteiger charge is -2.20. The third-order valence-corrected chi connectivity index (χ3v) is 5.26. The average Bonchev–Trinajstić information content (AvgIpc) is 2.76. The van der Waals surface area contributed by atoms with Crippen LogP contribution in [0.25, 0.3) is 22.0 Å². The van der Waals surface area contributed by atoms with Crippen LogP contribution in [0.15, 0.2) is 72.9 Å². The maximum Gasteiger partial charge on any atom is 0.128 e. The van der Waals surface area contributed by atoms with Gasteiger partial charge in [-0.15, -0.1) is 0 Å². The SMILES string of the molecule is COc1ccccc1-c1ccc(F)c([C@@H](C)Nc2c(Cl)cnc3ccccc23)c1. The summed E-state index contributed by atoms with van der Waals surface area (Å²) in [6.45, 7) is 1.91. The van der Waals surface area contributed by atoms with Crippen molar-refractivity contribution in [2.24, 2.45) is 0 Å². The molecule has 0 amide bonds. The molecule has 1 heterocycles. The fourth-order valence-corrected chi connectivity index (χ4v) is 3.69. The first-order chi connectivity index (χ1) is 14.1. The van der Waals surface area contributed by atoms with Crippen LogP contribution < -0.4 is 10.1 Å². The van der Waals surface area contributed by atoms with Gasteiger partial charge in [0.1, 0.15) is 11.6 Å². The summed E-state index contributed by atoms with van der Waals surface area (Å²) in [7, 11) is 1.63. The Hall–Kier alpha value is -3.11. The highest BCUT2D eigenvalue weighted by Gasteiger charge is 2.16. The normalized spacial score (nSPS) is 12.0. The van der Waals surface area contributed by atoms with E-state index in [1.807, 2.05) is 61.5 Å². The maximum atomic E-state index is 14.7. The van der Waals surface area contributed by atoms with E-state index in [1.165, 1.54) is 6.07 Å². The number of rotatable bonds is 5. The van der Waals surface area contributed by atoms with E-state index in [-0.39, 0.29) is 11.9 Å². The fraction of sp³-hybridized carbons (Fsp3) is 0.125. The molecule has 0 saturated carbocycles. The number of pyridine rings is 1. The largest absolute Gasteiger partial charge is 0.496 e. The molecule has 1 aromatic heterocycles. The quantitative estimate of drug-likeness (QED) is 0.392. The molecule has 146 valence electrons. The Morgan fingerprint density at radius 3 is 2.62 bits per heavy atom. The second-order valence-corrected chi connectivity index (χ2v) is 7.21. The van der Waals surface area contributed by atoms with E-state index in [0.717, 1.165) is 33.5 Å². The van der Waals surface area contributed by atoms with Crippen molar-refractivity contribution in [1.29, 1.82) is 0 Å². The van der Waals surface area contributed by atoms with Crippen LogP contribution in [0.4, 0.5) is 10.1 Å². The highest BCUT2D eigenvalue weighted by Crippen LogP contribution is 2.35. The zero-order valence-electron chi connectivity index (χ0n) is 16.1. The highest BCUT2D eigenvalue weighted by atomic mass is 35.5. The van der Waals surface area contributed by atoms with Gasteiger partial charge in [-0.2, -0.15) is 0 Å². The predicted octanol–water partition coefficient (Wildman–Crippen LogP) is 6.88. The molecule has 0 saturated heterocycles. The van der Waals surface area contributed by atoms with E-state index >= 15 is 0 Å². The lowest BCUT2D eigenvalue weighted by atomic mass is 9.98. The second-order valence-electron chi connectivity index (χ2n) is 6.80. The van der Waals surface area contributed by atoms with Crippen LogP contribution >= 0.6 is 11.6 Å². The van der Waals surface area contributed by atoms with Gasteiger partial charge in [0.15, 0.2) is 0 Å². The molecule has 0 aliphatic rings. The number of para-hydroxylation sites is 2. The predicted molar refractivity (Wildman–Crippen MR) is 117 cm³/mol. The number of aromatic nitrogens is 1. The Labute approximate surface area is 174 Å². The smallest absolute Gasteiger partial charge is 0.128 e. The van der Waals surface area contributed by atoms with E-state index in [1.54, 1.807) is 19.4 Å². The summed E-state index contributed by atoms with van der Waals surface area (Å²) in [5, 5.41) is 4.77. The number of nitrogens with zero attached hydrogens (tertiary/aromatic N) is 1. The van der Waals surface area contributed by atoms with E-state index in [0.29, 0.717) is 10.6 Å². The Morgan fingerprint density at radius 2 is 1.79 bits per heavy atom. The monoisotopic (exact) mass is 406 g/mol. The van der Waals surface area contributed by atoms with Gasteiger partial charge >= 0.3 is 0 Å². The van der Waals surface area contributed by atoms with Crippen LogP contribution in [0, 0.1) is 5.82 Å². The maximum absolute atomic E-state index is 14.7. The number of hydrogen-bond acceptors (Lipinski definition) is 3. The number of anilines is 1. The second kappa shape index (κ2) is 8.10. The molecule has 3 aromatic carbocycles. The van der Waals surface area contributed by atoms with Crippen molar-refractivity contribution in [3.8, 4) is 16.9 Å². The molecule has 0 radical (unpaired) electrons. The van der Waals surface area contributed by atoms with Gasteiger partial charge in [-0.25, -0.2) is 4.39 Å². The van der Waals surface area contributed by atoms with Crippen LogP contribution in [-0.4, -0.2) is 12.1 Å².